The maximum atomic E-state index is 12.6. The van der Waals surface area contributed by atoms with Crippen LogP contribution in [0.2, 0.25) is 0 Å². The molecule has 0 unspecified atom stereocenters. The van der Waals surface area contributed by atoms with Crippen LogP contribution >= 0.6 is 0 Å². The van der Waals surface area contributed by atoms with Gasteiger partial charge in [0.1, 0.15) is 0 Å². The summed E-state index contributed by atoms with van der Waals surface area (Å²) in [6, 6.07) is 4.10. The van der Waals surface area contributed by atoms with Crippen molar-refractivity contribution in [2.75, 3.05) is 6.54 Å². The van der Waals surface area contributed by atoms with Gasteiger partial charge in [0.15, 0.2) is 0 Å². The molecule has 1 amide bonds. The topological polar surface area (TPSA) is 59.0 Å². The number of carbonyl (C=O) groups excluding carboxylic acids is 1. The number of hydrogen-bond acceptors (Lipinski definition) is 4. The molecule has 0 saturated carbocycles. The highest BCUT2D eigenvalue weighted by molar-refractivity contribution is 5.77. The average molecular weight is 310 g/mol. The Kier molecular flexibility index (Phi) is 4.95. The third-order valence-electron chi connectivity index (χ3n) is 4.29. The molecule has 1 fully saturated rings. The molecule has 0 aromatic carbocycles. The molecule has 0 N–H and O–H groups in total. The Morgan fingerprint density at radius 1 is 1.26 bits per heavy atom. The summed E-state index contributed by atoms with van der Waals surface area (Å²) in [5, 5.41) is 0. The number of rotatable bonds is 5. The Morgan fingerprint density at radius 2 is 2.09 bits per heavy atom. The van der Waals surface area contributed by atoms with E-state index in [1.54, 1.807) is 24.8 Å². The molecule has 1 saturated heterocycles. The number of amides is 1. The molecule has 1 atom stereocenters. The number of aromatic nitrogens is 3. The fourth-order valence-corrected chi connectivity index (χ4v) is 3.15. The summed E-state index contributed by atoms with van der Waals surface area (Å²) >= 11 is 0. The standard InChI is InChI=1S/C18H22N4O/c1-14-12-20-13-16(21-14)17-5-3-11-22(17)18(23)6-2-4-15-7-9-19-10-8-15/h7-10,12-13,17H,2-6,11H2,1H3/t17-/m0/s1. The molecule has 0 spiro atoms. The Morgan fingerprint density at radius 3 is 2.87 bits per heavy atom. The van der Waals surface area contributed by atoms with Crippen LogP contribution < -0.4 is 0 Å². The number of likely N-dealkylation sites (tertiary alicyclic amines) is 1. The van der Waals surface area contributed by atoms with Gasteiger partial charge in [0.05, 0.1) is 23.6 Å². The van der Waals surface area contributed by atoms with E-state index in [0.717, 1.165) is 43.6 Å². The molecule has 3 heterocycles. The summed E-state index contributed by atoms with van der Waals surface area (Å²) in [4.78, 5) is 27.3. The van der Waals surface area contributed by atoms with E-state index in [9.17, 15) is 4.79 Å². The second-order valence-electron chi connectivity index (χ2n) is 6.04. The first-order valence-corrected chi connectivity index (χ1v) is 8.21. The van der Waals surface area contributed by atoms with E-state index < -0.39 is 0 Å². The molecule has 5 heteroatoms. The quantitative estimate of drug-likeness (QED) is 0.852. The first-order chi connectivity index (χ1) is 11.2. The summed E-state index contributed by atoms with van der Waals surface area (Å²) in [6.07, 6.45) is 11.5. The fourth-order valence-electron chi connectivity index (χ4n) is 3.15. The van der Waals surface area contributed by atoms with Crippen LogP contribution in [-0.2, 0) is 11.2 Å². The molecule has 3 rings (SSSR count). The molecule has 0 bridgehead atoms. The Labute approximate surface area is 136 Å². The molecule has 23 heavy (non-hydrogen) atoms. The Hall–Kier alpha value is -2.30. The van der Waals surface area contributed by atoms with Crippen LogP contribution in [0.3, 0.4) is 0 Å². The zero-order chi connectivity index (χ0) is 16.1. The van der Waals surface area contributed by atoms with Crippen molar-refractivity contribution < 1.29 is 4.79 Å². The smallest absolute Gasteiger partial charge is 0.223 e. The van der Waals surface area contributed by atoms with Crippen molar-refractivity contribution >= 4 is 5.91 Å². The van der Waals surface area contributed by atoms with Gasteiger partial charge in [-0.15, -0.1) is 0 Å². The SMILES string of the molecule is Cc1cncc([C@@H]2CCCN2C(=O)CCCc2ccncc2)n1. The lowest BCUT2D eigenvalue weighted by atomic mass is 10.1. The van der Waals surface area contributed by atoms with Gasteiger partial charge >= 0.3 is 0 Å². The van der Waals surface area contributed by atoms with Crippen molar-refractivity contribution in [3.63, 3.8) is 0 Å². The van der Waals surface area contributed by atoms with Crippen LogP contribution in [0, 0.1) is 6.92 Å². The van der Waals surface area contributed by atoms with Crippen molar-refractivity contribution in [2.45, 2.75) is 45.1 Å². The normalized spacial score (nSPS) is 17.4. The van der Waals surface area contributed by atoms with Gasteiger partial charge in [-0.1, -0.05) is 0 Å². The largest absolute Gasteiger partial charge is 0.334 e. The lowest BCUT2D eigenvalue weighted by Crippen LogP contribution is -2.31. The third kappa shape index (κ3) is 3.92. The monoisotopic (exact) mass is 310 g/mol. The van der Waals surface area contributed by atoms with E-state index in [4.69, 9.17) is 0 Å². The third-order valence-corrected chi connectivity index (χ3v) is 4.29. The summed E-state index contributed by atoms with van der Waals surface area (Å²) in [7, 11) is 0. The van der Waals surface area contributed by atoms with Crippen molar-refractivity contribution in [3.8, 4) is 0 Å². The first-order valence-electron chi connectivity index (χ1n) is 8.21. The maximum absolute atomic E-state index is 12.6. The lowest BCUT2D eigenvalue weighted by Gasteiger charge is -2.24. The first kappa shape index (κ1) is 15.6. The average Bonchev–Trinajstić information content (AvgIpc) is 3.05. The highest BCUT2D eigenvalue weighted by atomic mass is 16.2. The second-order valence-corrected chi connectivity index (χ2v) is 6.04. The molecule has 1 aliphatic heterocycles. The van der Waals surface area contributed by atoms with E-state index in [1.165, 1.54) is 5.56 Å². The molecule has 120 valence electrons. The van der Waals surface area contributed by atoms with Crippen LogP contribution in [0.25, 0.3) is 0 Å². The van der Waals surface area contributed by atoms with E-state index in [0.29, 0.717) is 6.42 Å². The maximum Gasteiger partial charge on any atom is 0.223 e. The van der Waals surface area contributed by atoms with Crippen LogP contribution in [0.15, 0.2) is 36.9 Å². The molecule has 2 aromatic heterocycles. The predicted molar refractivity (Wildman–Crippen MR) is 87.6 cm³/mol. The highest BCUT2D eigenvalue weighted by Crippen LogP contribution is 2.31. The molecule has 0 radical (unpaired) electrons. The van der Waals surface area contributed by atoms with Crippen LogP contribution in [-0.4, -0.2) is 32.3 Å². The highest BCUT2D eigenvalue weighted by Gasteiger charge is 2.30. The van der Waals surface area contributed by atoms with Crippen molar-refractivity contribution in [3.05, 3.63) is 53.9 Å². The lowest BCUT2D eigenvalue weighted by molar-refractivity contribution is -0.132. The van der Waals surface area contributed by atoms with Gasteiger partial charge in [0.25, 0.3) is 0 Å². The van der Waals surface area contributed by atoms with Crippen molar-refractivity contribution in [2.24, 2.45) is 0 Å². The number of carbonyl (C=O) groups is 1. The van der Waals surface area contributed by atoms with Crippen LogP contribution in [0.5, 0.6) is 0 Å². The minimum atomic E-state index is 0.0934. The molecular weight excluding hydrogens is 288 g/mol. The molecule has 1 aliphatic rings. The van der Waals surface area contributed by atoms with Gasteiger partial charge in [-0.3, -0.25) is 19.7 Å². The zero-order valence-corrected chi connectivity index (χ0v) is 13.5. The number of nitrogens with zero attached hydrogens (tertiary/aromatic N) is 4. The van der Waals surface area contributed by atoms with Gasteiger partial charge in [-0.2, -0.15) is 0 Å². The van der Waals surface area contributed by atoms with E-state index in [1.807, 2.05) is 24.0 Å². The summed E-state index contributed by atoms with van der Waals surface area (Å²) in [5.41, 5.74) is 3.06. The minimum absolute atomic E-state index is 0.0934. The predicted octanol–water partition coefficient (Wildman–Crippen LogP) is 2.87. The summed E-state index contributed by atoms with van der Waals surface area (Å²) in [5.74, 6) is 0.227. The summed E-state index contributed by atoms with van der Waals surface area (Å²) < 4.78 is 0. The zero-order valence-electron chi connectivity index (χ0n) is 13.5. The molecule has 2 aromatic rings. The number of aryl methyl sites for hydroxylation is 2. The van der Waals surface area contributed by atoms with Gasteiger partial charge in [-0.25, -0.2) is 0 Å². The van der Waals surface area contributed by atoms with Crippen molar-refractivity contribution in [1.29, 1.82) is 0 Å². The number of hydrogen-bond donors (Lipinski definition) is 0. The molecular formula is C18H22N4O. The van der Waals surface area contributed by atoms with Gasteiger partial charge in [0, 0.05) is 31.6 Å². The Balaban J connectivity index is 1.58. The molecule has 5 nitrogen and oxygen atoms in total. The number of pyridine rings is 1. The fraction of sp³-hybridized carbons (Fsp3) is 0.444. The van der Waals surface area contributed by atoms with Crippen LogP contribution in [0.4, 0.5) is 0 Å². The second kappa shape index (κ2) is 7.31. The summed E-state index contributed by atoms with van der Waals surface area (Å²) in [6.45, 7) is 2.76. The van der Waals surface area contributed by atoms with E-state index in [-0.39, 0.29) is 11.9 Å². The Bertz CT molecular complexity index is 659. The minimum Gasteiger partial charge on any atom is -0.334 e. The molecule has 0 aliphatic carbocycles. The van der Waals surface area contributed by atoms with Gasteiger partial charge in [-0.05, 0) is 50.3 Å². The van der Waals surface area contributed by atoms with Crippen molar-refractivity contribution in [1.82, 2.24) is 19.9 Å². The van der Waals surface area contributed by atoms with Gasteiger partial charge < -0.3 is 4.90 Å². The van der Waals surface area contributed by atoms with E-state index in [2.05, 4.69) is 15.0 Å². The van der Waals surface area contributed by atoms with Crippen LogP contribution in [0.1, 0.15) is 48.7 Å². The van der Waals surface area contributed by atoms with E-state index >= 15 is 0 Å². The van der Waals surface area contributed by atoms with Gasteiger partial charge in [0.2, 0.25) is 5.91 Å².